The van der Waals surface area contributed by atoms with E-state index in [0.717, 1.165) is 34.9 Å². The Hall–Kier alpha value is -2.83. The van der Waals surface area contributed by atoms with Gasteiger partial charge < -0.3 is 10.5 Å². The van der Waals surface area contributed by atoms with Crippen LogP contribution in [0.15, 0.2) is 54.6 Å². The standard InChI is InChI=1S/C23H22N2O/c24-13-18-12-11-16-5-1-2-9-20(16)21(18)15-26-22-10-4-7-17-6-3-8-19(14-25)23(17)22/h1-2,4-5,7,9-12,19H,3,6,8,14-15,25H2. The highest BCUT2D eigenvalue weighted by molar-refractivity contribution is 5.87. The van der Waals surface area contributed by atoms with E-state index in [0.29, 0.717) is 24.6 Å². The van der Waals surface area contributed by atoms with Crippen LogP contribution in [0.5, 0.6) is 5.75 Å². The molecule has 0 aromatic heterocycles. The fraction of sp³-hybridized carbons (Fsp3) is 0.261. The Morgan fingerprint density at radius 1 is 1.08 bits per heavy atom. The predicted octanol–water partition coefficient (Wildman–Crippen LogP) is 4.67. The van der Waals surface area contributed by atoms with E-state index in [1.54, 1.807) is 0 Å². The maximum atomic E-state index is 9.53. The molecule has 2 N–H and O–H groups in total. The Labute approximate surface area is 154 Å². The van der Waals surface area contributed by atoms with Crippen LogP contribution in [0.3, 0.4) is 0 Å². The van der Waals surface area contributed by atoms with E-state index in [9.17, 15) is 5.26 Å². The number of rotatable bonds is 4. The van der Waals surface area contributed by atoms with Crippen LogP contribution < -0.4 is 10.5 Å². The molecule has 3 aromatic rings. The normalized spacial score (nSPS) is 16.1. The van der Waals surface area contributed by atoms with Gasteiger partial charge in [0.1, 0.15) is 12.4 Å². The van der Waals surface area contributed by atoms with Gasteiger partial charge in [-0.15, -0.1) is 0 Å². The molecule has 26 heavy (non-hydrogen) atoms. The third kappa shape index (κ3) is 2.94. The first-order chi connectivity index (χ1) is 12.8. The topological polar surface area (TPSA) is 59.0 Å². The van der Waals surface area contributed by atoms with Crippen molar-refractivity contribution in [2.24, 2.45) is 5.73 Å². The first kappa shape index (κ1) is 16.6. The lowest BCUT2D eigenvalue weighted by molar-refractivity contribution is 0.299. The van der Waals surface area contributed by atoms with Gasteiger partial charge in [0, 0.05) is 17.0 Å². The molecule has 0 amide bonds. The lowest BCUT2D eigenvalue weighted by atomic mass is 9.82. The van der Waals surface area contributed by atoms with E-state index in [2.05, 4.69) is 30.3 Å². The lowest BCUT2D eigenvalue weighted by Crippen LogP contribution is -2.19. The van der Waals surface area contributed by atoms with E-state index in [1.165, 1.54) is 17.5 Å². The van der Waals surface area contributed by atoms with Crippen molar-refractivity contribution in [3.05, 3.63) is 76.9 Å². The highest BCUT2D eigenvalue weighted by Gasteiger charge is 2.23. The van der Waals surface area contributed by atoms with E-state index in [4.69, 9.17) is 10.5 Å². The summed E-state index contributed by atoms with van der Waals surface area (Å²) in [5, 5.41) is 11.7. The molecule has 3 nitrogen and oxygen atoms in total. The monoisotopic (exact) mass is 342 g/mol. The van der Waals surface area contributed by atoms with E-state index in [-0.39, 0.29) is 0 Å². The zero-order valence-corrected chi connectivity index (χ0v) is 14.7. The molecule has 0 fully saturated rings. The third-order valence-corrected chi connectivity index (χ3v) is 5.38. The maximum Gasteiger partial charge on any atom is 0.123 e. The Bertz CT molecular complexity index is 987. The van der Waals surface area contributed by atoms with Crippen LogP contribution in [0.1, 0.15) is 41.0 Å². The highest BCUT2D eigenvalue weighted by atomic mass is 16.5. The number of fused-ring (bicyclic) bond motifs is 2. The van der Waals surface area contributed by atoms with Gasteiger partial charge >= 0.3 is 0 Å². The zero-order chi connectivity index (χ0) is 17.9. The number of nitrogens with two attached hydrogens (primary N) is 1. The quantitative estimate of drug-likeness (QED) is 0.749. The molecule has 0 bridgehead atoms. The molecule has 0 heterocycles. The second-order valence-electron chi connectivity index (χ2n) is 6.87. The summed E-state index contributed by atoms with van der Waals surface area (Å²) in [6.07, 6.45) is 3.38. The molecule has 1 aliphatic rings. The van der Waals surface area contributed by atoms with Crippen molar-refractivity contribution >= 4 is 10.8 Å². The first-order valence-electron chi connectivity index (χ1n) is 9.17. The van der Waals surface area contributed by atoms with Gasteiger partial charge in [-0.05, 0) is 54.3 Å². The van der Waals surface area contributed by atoms with Crippen LogP contribution in [-0.2, 0) is 13.0 Å². The van der Waals surface area contributed by atoms with Crippen molar-refractivity contribution in [1.29, 1.82) is 5.26 Å². The molecule has 0 saturated heterocycles. The smallest absolute Gasteiger partial charge is 0.123 e. The molecule has 0 aliphatic heterocycles. The second kappa shape index (κ2) is 7.19. The van der Waals surface area contributed by atoms with Gasteiger partial charge in [-0.25, -0.2) is 0 Å². The molecule has 130 valence electrons. The van der Waals surface area contributed by atoms with Crippen molar-refractivity contribution in [3.8, 4) is 11.8 Å². The number of ether oxygens (including phenoxy) is 1. The molecular weight excluding hydrogens is 320 g/mol. The molecule has 0 saturated carbocycles. The van der Waals surface area contributed by atoms with Gasteiger partial charge in [0.2, 0.25) is 0 Å². The molecule has 1 unspecified atom stereocenters. The average Bonchev–Trinajstić information content (AvgIpc) is 2.71. The molecule has 0 radical (unpaired) electrons. The number of hydrogen-bond acceptors (Lipinski definition) is 3. The van der Waals surface area contributed by atoms with Gasteiger partial charge in [0.25, 0.3) is 0 Å². The van der Waals surface area contributed by atoms with Crippen molar-refractivity contribution in [2.45, 2.75) is 31.8 Å². The van der Waals surface area contributed by atoms with Crippen LogP contribution in [0.25, 0.3) is 10.8 Å². The SMILES string of the molecule is N#Cc1ccc2ccccc2c1COc1cccc2c1C(CN)CCC2. The summed E-state index contributed by atoms with van der Waals surface area (Å²) in [4.78, 5) is 0. The van der Waals surface area contributed by atoms with Crippen molar-refractivity contribution in [2.75, 3.05) is 6.54 Å². The average molecular weight is 342 g/mol. The van der Waals surface area contributed by atoms with Crippen LogP contribution in [0.2, 0.25) is 0 Å². The van der Waals surface area contributed by atoms with Gasteiger partial charge in [-0.3, -0.25) is 0 Å². The minimum atomic E-state index is 0.359. The molecule has 4 rings (SSSR count). The number of nitriles is 1. The minimum absolute atomic E-state index is 0.359. The van der Waals surface area contributed by atoms with Gasteiger partial charge in [-0.1, -0.05) is 42.5 Å². The predicted molar refractivity (Wildman–Crippen MR) is 104 cm³/mol. The summed E-state index contributed by atoms with van der Waals surface area (Å²) in [5.74, 6) is 1.27. The second-order valence-corrected chi connectivity index (χ2v) is 6.87. The van der Waals surface area contributed by atoms with Gasteiger partial charge in [-0.2, -0.15) is 5.26 Å². The number of nitrogens with zero attached hydrogens (tertiary/aromatic N) is 1. The van der Waals surface area contributed by atoms with E-state index < -0.39 is 0 Å². The fourth-order valence-corrected chi connectivity index (χ4v) is 4.06. The largest absolute Gasteiger partial charge is 0.489 e. The van der Waals surface area contributed by atoms with Crippen molar-refractivity contribution in [3.63, 3.8) is 0 Å². The van der Waals surface area contributed by atoms with Crippen molar-refractivity contribution < 1.29 is 4.74 Å². The molecule has 3 aromatic carbocycles. The summed E-state index contributed by atoms with van der Waals surface area (Å²) in [7, 11) is 0. The summed E-state index contributed by atoms with van der Waals surface area (Å²) in [6.45, 7) is 1.03. The fourth-order valence-electron chi connectivity index (χ4n) is 4.06. The molecule has 0 spiro atoms. The first-order valence-corrected chi connectivity index (χ1v) is 9.17. The highest BCUT2D eigenvalue weighted by Crippen LogP contribution is 2.38. The zero-order valence-electron chi connectivity index (χ0n) is 14.7. The van der Waals surface area contributed by atoms with Crippen molar-refractivity contribution in [1.82, 2.24) is 0 Å². The lowest BCUT2D eigenvalue weighted by Gasteiger charge is -2.27. The summed E-state index contributed by atoms with van der Waals surface area (Å²) in [6, 6.07) is 20.6. The molecular formula is C23H22N2O. The van der Waals surface area contributed by atoms with Crippen LogP contribution in [0.4, 0.5) is 0 Å². The summed E-state index contributed by atoms with van der Waals surface area (Å²) < 4.78 is 6.27. The van der Waals surface area contributed by atoms with Crippen LogP contribution >= 0.6 is 0 Å². The molecule has 1 aliphatic carbocycles. The Morgan fingerprint density at radius 3 is 2.81 bits per heavy atom. The molecule has 3 heteroatoms. The van der Waals surface area contributed by atoms with Gasteiger partial charge in [0.15, 0.2) is 0 Å². The summed E-state index contributed by atoms with van der Waals surface area (Å²) >= 11 is 0. The number of benzene rings is 3. The van der Waals surface area contributed by atoms with Crippen LogP contribution in [-0.4, -0.2) is 6.54 Å². The number of aryl methyl sites for hydroxylation is 1. The molecule has 1 atom stereocenters. The maximum absolute atomic E-state index is 9.53. The third-order valence-electron chi connectivity index (χ3n) is 5.38. The van der Waals surface area contributed by atoms with E-state index in [1.807, 2.05) is 30.3 Å². The van der Waals surface area contributed by atoms with Crippen LogP contribution in [0, 0.1) is 11.3 Å². The minimum Gasteiger partial charge on any atom is -0.489 e. The number of hydrogen-bond donors (Lipinski definition) is 1. The Morgan fingerprint density at radius 2 is 1.96 bits per heavy atom. The Kier molecular flexibility index (Phi) is 4.60. The Balaban J connectivity index is 1.71. The summed E-state index contributed by atoms with van der Waals surface area (Å²) in [5.41, 5.74) is 10.2. The van der Waals surface area contributed by atoms with E-state index >= 15 is 0 Å². The van der Waals surface area contributed by atoms with Gasteiger partial charge in [0.05, 0.1) is 11.6 Å².